The maximum Gasteiger partial charge on any atom is 0.123 e. The predicted octanol–water partition coefficient (Wildman–Crippen LogP) is 1.02. The van der Waals surface area contributed by atoms with E-state index >= 15 is 0 Å². The highest BCUT2D eigenvalue weighted by atomic mass is 35.5. The average Bonchev–Trinajstić information content (AvgIpc) is 2.15. The molecule has 0 fully saturated rings. The van der Waals surface area contributed by atoms with Crippen molar-refractivity contribution in [1.29, 1.82) is 0 Å². The van der Waals surface area contributed by atoms with Gasteiger partial charge in [0.05, 0.1) is 17.7 Å². The third-order valence-electron chi connectivity index (χ3n) is 1.76. The minimum Gasteiger partial charge on any atom is -0.389 e. The van der Waals surface area contributed by atoms with Gasteiger partial charge < -0.3 is 10.2 Å². The molecular formula is C9H12ClNO2. The molecule has 2 atom stereocenters. The van der Waals surface area contributed by atoms with Crippen molar-refractivity contribution in [2.75, 3.05) is 5.88 Å². The monoisotopic (exact) mass is 201 g/mol. The fraction of sp³-hybridized carbons (Fsp3) is 0.444. The Labute approximate surface area is 82.0 Å². The van der Waals surface area contributed by atoms with Crippen LogP contribution in [0.4, 0.5) is 0 Å². The van der Waals surface area contributed by atoms with Gasteiger partial charge in [0.2, 0.25) is 0 Å². The summed E-state index contributed by atoms with van der Waals surface area (Å²) in [6.07, 6.45) is -0.372. The van der Waals surface area contributed by atoms with Crippen LogP contribution in [0.25, 0.3) is 0 Å². The molecule has 4 heteroatoms. The quantitative estimate of drug-likeness (QED) is 0.719. The predicted molar refractivity (Wildman–Crippen MR) is 50.7 cm³/mol. The number of alkyl halides is 1. The molecule has 3 nitrogen and oxygen atoms in total. The van der Waals surface area contributed by atoms with Gasteiger partial charge in [0.25, 0.3) is 0 Å². The number of hydrogen-bond acceptors (Lipinski definition) is 3. The van der Waals surface area contributed by atoms with Gasteiger partial charge in [-0.1, -0.05) is 0 Å². The third-order valence-corrected chi connectivity index (χ3v) is 2.08. The molecule has 0 aliphatic rings. The van der Waals surface area contributed by atoms with Crippen molar-refractivity contribution in [2.24, 2.45) is 0 Å². The molecule has 0 saturated heterocycles. The van der Waals surface area contributed by atoms with E-state index in [2.05, 4.69) is 4.98 Å². The maximum absolute atomic E-state index is 9.52. The number of rotatable bonds is 3. The molecule has 72 valence electrons. The normalized spacial score (nSPS) is 15.4. The van der Waals surface area contributed by atoms with Crippen molar-refractivity contribution in [3.8, 4) is 0 Å². The molecule has 0 spiro atoms. The fourth-order valence-electron chi connectivity index (χ4n) is 1.00. The van der Waals surface area contributed by atoms with E-state index in [-0.39, 0.29) is 5.88 Å². The first-order valence-electron chi connectivity index (χ1n) is 4.00. The van der Waals surface area contributed by atoms with E-state index in [0.29, 0.717) is 5.69 Å². The Morgan fingerprint density at radius 3 is 2.77 bits per heavy atom. The molecule has 13 heavy (non-hydrogen) atoms. The van der Waals surface area contributed by atoms with E-state index in [4.69, 9.17) is 11.6 Å². The van der Waals surface area contributed by atoms with Crippen LogP contribution in [-0.4, -0.2) is 27.2 Å². The number of aliphatic hydroxyl groups excluding tert-OH is 2. The lowest BCUT2D eigenvalue weighted by Crippen LogP contribution is -2.20. The largest absolute Gasteiger partial charge is 0.389 e. The Balaban J connectivity index is 2.82. The minimum atomic E-state index is -1.00. The Kier molecular flexibility index (Phi) is 3.66. The summed E-state index contributed by atoms with van der Waals surface area (Å²) in [7, 11) is 0. The van der Waals surface area contributed by atoms with E-state index in [1.54, 1.807) is 12.3 Å². The number of hydrogen-bond donors (Lipinski definition) is 2. The van der Waals surface area contributed by atoms with Crippen LogP contribution in [0.3, 0.4) is 0 Å². The molecule has 0 radical (unpaired) electrons. The summed E-state index contributed by atoms with van der Waals surface area (Å²) >= 11 is 5.40. The van der Waals surface area contributed by atoms with Crippen LogP contribution in [0.15, 0.2) is 18.3 Å². The lowest BCUT2D eigenvalue weighted by atomic mass is 10.1. The number of aliphatic hydroxyl groups is 2. The zero-order valence-corrected chi connectivity index (χ0v) is 8.07. The molecule has 0 saturated carbocycles. The van der Waals surface area contributed by atoms with Crippen molar-refractivity contribution in [3.05, 3.63) is 29.6 Å². The Hall–Kier alpha value is -0.640. The molecule has 0 aliphatic carbocycles. The molecule has 1 heterocycles. The summed E-state index contributed by atoms with van der Waals surface area (Å²) in [4.78, 5) is 3.94. The number of aryl methyl sites for hydroxylation is 1. The van der Waals surface area contributed by atoms with E-state index in [1.807, 2.05) is 13.0 Å². The van der Waals surface area contributed by atoms with E-state index < -0.39 is 12.2 Å². The van der Waals surface area contributed by atoms with Crippen molar-refractivity contribution >= 4 is 11.6 Å². The fourth-order valence-corrected chi connectivity index (χ4v) is 1.17. The van der Waals surface area contributed by atoms with Crippen LogP contribution < -0.4 is 0 Å². The minimum absolute atomic E-state index is 0.00319. The second kappa shape index (κ2) is 4.56. The molecule has 0 aromatic carbocycles. The van der Waals surface area contributed by atoms with Gasteiger partial charge in [-0.3, -0.25) is 4.98 Å². The highest BCUT2D eigenvalue weighted by Crippen LogP contribution is 2.15. The zero-order chi connectivity index (χ0) is 9.84. The number of pyridine rings is 1. The van der Waals surface area contributed by atoms with Gasteiger partial charge in [-0.15, -0.1) is 11.6 Å². The third kappa shape index (κ3) is 2.66. The lowest BCUT2D eigenvalue weighted by Gasteiger charge is -2.14. The first kappa shape index (κ1) is 10.4. The van der Waals surface area contributed by atoms with E-state index in [1.165, 1.54) is 0 Å². The summed E-state index contributed by atoms with van der Waals surface area (Å²) in [6, 6.07) is 3.55. The molecule has 0 aliphatic heterocycles. The van der Waals surface area contributed by atoms with E-state index in [0.717, 1.165) is 5.56 Å². The van der Waals surface area contributed by atoms with Gasteiger partial charge in [-0.05, 0) is 24.6 Å². The van der Waals surface area contributed by atoms with Crippen LogP contribution in [0.2, 0.25) is 0 Å². The summed E-state index contributed by atoms with van der Waals surface area (Å²) in [5.41, 5.74) is 1.44. The number of nitrogens with zero attached hydrogens (tertiary/aromatic N) is 1. The average molecular weight is 202 g/mol. The van der Waals surface area contributed by atoms with Crippen molar-refractivity contribution in [2.45, 2.75) is 19.1 Å². The molecule has 1 aromatic heterocycles. The molecule has 0 bridgehead atoms. The SMILES string of the molecule is Cc1ccnc(C(O)C(O)CCl)c1. The Morgan fingerprint density at radius 1 is 1.54 bits per heavy atom. The molecular weight excluding hydrogens is 190 g/mol. The first-order chi connectivity index (χ1) is 6.15. The van der Waals surface area contributed by atoms with Crippen LogP contribution in [0.1, 0.15) is 17.4 Å². The lowest BCUT2D eigenvalue weighted by molar-refractivity contribution is 0.0300. The first-order valence-corrected chi connectivity index (χ1v) is 4.53. The van der Waals surface area contributed by atoms with Crippen LogP contribution in [-0.2, 0) is 0 Å². The smallest absolute Gasteiger partial charge is 0.123 e. The van der Waals surface area contributed by atoms with Crippen LogP contribution in [0.5, 0.6) is 0 Å². The van der Waals surface area contributed by atoms with Gasteiger partial charge in [0, 0.05) is 6.20 Å². The van der Waals surface area contributed by atoms with E-state index in [9.17, 15) is 10.2 Å². The van der Waals surface area contributed by atoms with Crippen molar-refractivity contribution < 1.29 is 10.2 Å². The van der Waals surface area contributed by atoms with Gasteiger partial charge in [-0.2, -0.15) is 0 Å². The summed E-state index contributed by atoms with van der Waals surface area (Å²) < 4.78 is 0. The van der Waals surface area contributed by atoms with Crippen molar-refractivity contribution in [1.82, 2.24) is 4.98 Å². The molecule has 1 aromatic rings. The van der Waals surface area contributed by atoms with Gasteiger partial charge in [0.1, 0.15) is 6.10 Å². The molecule has 2 N–H and O–H groups in total. The summed E-state index contributed by atoms with van der Waals surface area (Å²) in [5, 5.41) is 18.8. The topological polar surface area (TPSA) is 53.4 Å². The van der Waals surface area contributed by atoms with Gasteiger partial charge in [-0.25, -0.2) is 0 Å². The van der Waals surface area contributed by atoms with Gasteiger partial charge in [0.15, 0.2) is 0 Å². The van der Waals surface area contributed by atoms with Crippen LogP contribution >= 0.6 is 11.6 Å². The number of aromatic nitrogens is 1. The molecule has 2 unspecified atom stereocenters. The standard InChI is InChI=1S/C9H12ClNO2/c1-6-2-3-11-7(4-6)9(13)8(12)5-10/h2-4,8-9,12-13H,5H2,1H3. The van der Waals surface area contributed by atoms with Crippen molar-refractivity contribution in [3.63, 3.8) is 0 Å². The second-order valence-electron chi connectivity index (χ2n) is 2.92. The number of halogens is 1. The van der Waals surface area contributed by atoms with Crippen LogP contribution in [0, 0.1) is 6.92 Å². The molecule has 1 rings (SSSR count). The summed E-state index contributed by atoms with van der Waals surface area (Å²) in [6.45, 7) is 1.89. The zero-order valence-electron chi connectivity index (χ0n) is 7.31. The maximum atomic E-state index is 9.52. The Morgan fingerprint density at radius 2 is 2.23 bits per heavy atom. The second-order valence-corrected chi connectivity index (χ2v) is 3.23. The Bertz CT molecular complexity index is 280. The highest BCUT2D eigenvalue weighted by molar-refractivity contribution is 6.18. The molecule has 0 amide bonds. The van der Waals surface area contributed by atoms with Gasteiger partial charge >= 0.3 is 0 Å². The summed E-state index contributed by atoms with van der Waals surface area (Å²) in [5.74, 6) is -0.00319. The highest BCUT2D eigenvalue weighted by Gasteiger charge is 2.18.